The van der Waals surface area contributed by atoms with Crippen LogP contribution >= 0.6 is 11.6 Å². The molecule has 3 nitrogen and oxygen atoms in total. The van der Waals surface area contributed by atoms with Gasteiger partial charge in [-0.2, -0.15) is 0 Å². The zero-order valence-electron chi connectivity index (χ0n) is 8.95. The van der Waals surface area contributed by atoms with Crippen LogP contribution in [-0.2, 0) is 0 Å². The minimum atomic E-state index is 0.136. The van der Waals surface area contributed by atoms with Crippen LogP contribution in [0.4, 0.5) is 0 Å². The third-order valence-electron chi connectivity index (χ3n) is 2.40. The lowest BCUT2D eigenvalue weighted by Crippen LogP contribution is -1.84. The molecular weight excluding hydrogens is 226 g/mol. The van der Waals surface area contributed by atoms with E-state index in [1.165, 1.54) is 0 Å². The highest BCUT2D eigenvalue weighted by Crippen LogP contribution is 2.32. The van der Waals surface area contributed by atoms with Crippen molar-refractivity contribution < 1.29 is 9.32 Å². The Kier molecular flexibility index (Phi) is 2.79. The van der Waals surface area contributed by atoms with E-state index in [0.29, 0.717) is 12.0 Å². The second-order valence-corrected chi connectivity index (χ2v) is 4.03. The molecule has 0 aliphatic carbocycles. The smallest absolute Gasteiger partial charge is 0.186 e. The van der Waals surface area contributed by atoms with Crippen molar-refractivity contribution in [2.75, 3.05) is 0 Å². The van der Waals surface area contributed by atoms with E-state index in [-0.39, 0.29) is 10.7 Å². The molecule has 0 N–H and O–H groups in total. The SMILES string of the molecule is Cc1ccc(-c2onc(C=O)c2Cl)c(C)c1. The Morgan fingerprint density at radius 3 is 2.69 bits per heavy atom. The quantitative estimate of drug-likeness (QED) is 0.749. The number of benzene rings is 1. The average Bonchev–Trinajstić information content (AvgIpc) is 2.60. The van der Waals surface area contributed by atoms with E-state index >= 15 is 0 Å². The lowest BCUT2D eigenvalue weighted by Gasteiger charge is -2.03. The van der Waals surface area contributed by atoms with Crippen LogP contribution in [0.2, 0.25) is 5.02 Å². The van der Waals surface area contributed by atoms with Crippen molar-refractivity contribution in [3.63, 3.8) is 0 Å². The van der Waals surface area contributed by atoms with E-state index in [4.69, 9.17) is 16.1 Å². The van der Waals surface area contributed by atoms with Crippen molar-refractivity contribution in [1.82, 2.24) is 5.16 Å². The van der Waals surface area contributed by atoms with Crippen LogP contribution in [0.1, 0.15) is 21.6 Å². The second kappa shape index (κ2) is 4.10. The van der Waals surface area contributed by atoms with E-state index < -0.39 is 0 Å². The van der Waals surface area contributed by atoms with Gasteiger partial charge in [-0.1, -0.05) is 40.5 Å². The van der Waals surface area contributed by atoms with Crippen molar-refractivity contribution in [1.29, 1.82) is 0 Å². The lowest BCUT2D eigenvalue weighted by molar-refractivity contribution is 0.111. The Labute approximate surface area is 98.0 Å². The molecule has 0 unspecified atom stereocenters. The minimum absolute atomic E-state index is 0.136. The summed E-state index contributed by atoms with van der Waals surface area (Å²) in [7, 11) is 0. The zero-order chi connectivity index (χ0) is 11.7. The molecule has 4 heteroatoms. The Balaban J connectivity index is 2.58. The van der Waals surface area contributed by atoms with Crippen LogP contribution in [-0.4, -0.2) is 11.4 Å². The normalized spacial score (nSPS) is 10.4. The molecule has 0 aliphatic heterocycles. The van der Waals surface area contributed by atoms with Gasteiger partial charge in [-0.3, -0.25) is 4.79 Å². The lowest BCUT2D eigenvalue weighted by atomic mass is 10.0. The summed E-state index contributed by atoms with van der Waals surface area (Å²) in [6.45, 7) is 3.97. The van der Waals surface area contributed by atoms with Crippen LogP contribution in [0, 0.1) is 13.8 Å². The van der Waals surface area contributed by atoms with Gasteiger partial charge in [-0.15, -0.1) is 0 Å². The predicted molar refractivity (Wildman–Crippen MR) is 61.8 cm³/mol. The third-order valence-corrected chi connectivity index (χ3v) is 2.76. The first kappa shape index (κ1) is 10.9. The molecule has 1 aromatic heterocycles. The van der Waals surface area contributed by atoms with Crippen molar-refractivity contribution in [3.8, 4) is 11.3 Å². The average molecular weight is 236 g/mol. The van der Waals surface area contributed by atoms with Crippen LogP contribution < -0.4 is 0 Å². The van der Waals surface area contributed by atoms with Crippen molar-refractivity contribution in [2.45, 2.75) is 13.8 Å². The first-order valence-corrected chi connectivity index (χ1v) is 5.19. The van der Waals surface area contributed by atoms with E-state index in [2.05, 4.69) is 5.16 Å². The van der Waals surface area contributed by atoms with Crippen molar-refractivity contribution >= 4 is 17.9 Å². The molecule has 0 fully saturated rings. The second-order valence-electron chi connectivity index (χ2n) is 3.65. The van der Waals surface area contributed by atoms with Gasteiger partial charge in [-0.05, 0) is 19.4 Å². The number of carbonyl (C=O) groups excluding carboxylic acids is 1. The summed E-state index contributed by atoms with van der Waals surface area (Å²) in [6, 6.07) is 5.89. The summed E-state index contributed by atoms with van der Waals surface area (Å²) in [4.78, 5) is 10.6. The standard InChI is InChI=1S/C12H10ClNO2/c1-7-3-4-9(8(2)5-7)12-11(13)10(6-15)14-16-12/h3-6H,1-2H3. The highest BCUT2D eigenvalue weighted by molar-refractivity contribution is 6.35. The Morgan fingerprint density at radius 2 is 2.12 bits per heavy atom. The van der Waals surface area contributed by atoms with Gasteiger partial charge >= 0.3 is 0 Å². The largest absolute Gasteiger partial charge is 0.354 e. The molecule has 1 aromatic carbocycles. The van der Waals surface area contributed by atoms with Gasteiger partial charge in [0.25, 0.3) is 0 Å². The maximum atomic E-state index is 10.6. The number of hydrogen-bond donors (Lipinski definition) is 0. The molecule has 0 amide bonds. The molecule has 0 spiro atoms. The topological polar surface area (TPSA) is 43.1 Å². The minimum Gasteiger partial charge on any atom is -0.354 e. The van der Waals surface area contributed by atoms with Crippen LogP contribution in [0.25, 0.3) is 11.3 Å². The molecule has 0 radical (unpaired) electrons. The highest BCUT2D eigenvalue weighted by atomic mass is 35.5. The van der Waals surface area contributed by atoms with Crippen LogP contribution in [0.3, 0.4) is 0 Å². The fourth-order valence-electron chi connectivity index (χ4n) is 1.60. The molecule has 0 bridgehead atoms. The monoisotopic (exact) mass is 235 g/mol. The number of carbonyl (C=O) groups is 1. The predicted octanol–water partition coefficient (Wildman–Crippen LogP) is 3.42. The first-order valence-electron chi connectivity index (χ1n) is 4.81. The van der Waals surface area contributed by atoms with Gasteiger partial charge in [0, 0.05) is 5.56 Å². The number of halogens is 1. The molecule has 0 atom stereocenters. The number of aryl methyl sites for hydroxylation is 2. The fourth-order valence-corrected chi connectivity index (χ4v) is 1.82. The summed E-state index contributed by atoms with van der Waals surface area (Å²) in [5.74, 6) is 0.446. The molecule has 0 aliphatic rings. The number of aldehydes is 1. The number of aromatic nitrogens is 1. The first-order chi connectivity index (χ1) is 7.63. The van der Waals surface area contributed by atoms with E-state index in [1.807, 2.05) is 32.0 Å². The highest BCUT2D eigenvalue weighted by Gasteiger charge is 2.16. The van der Waals surface area contributed by atoms with E-state index in [9.17, 15) is 4.79 Å². The maximum absolute atomic E-state index is 10.6. The maximum Gasteiger partial charge on any atom is 0.186 e. The fraction of sp³-hybridized carbons (Fsp3) is 0.167. The summed E-state index contributed by atoms with van der Waals surface area (Å²) < 4.78 is 5.08. The van der Waals surface area contributed by atoms with Crippen molar-refractivity contribution in [2.24, 2.45) is 0 Å². The van der Waals surface area contributed by atoms with Gasteiger partial charge < -0.3 is 4.52 Å². The molecular formula is C12H10ClNO2. The molecule has 2 rings (SSSR count). The number of rotatable bonds is 2. The zero-order valence-corrected chi connectivity index (χ0v) is 9.71. The Hall–Kier alpha value is -1.61. The van der Waals surface area contributed by atoms with Gasteiger partial charge in [0.15, 0.2) is 17.7 Å². The third kappa shape index (κ3) is 1.74. The molecule has 0 saturated carbocycles. The van der Waals surface area contributed by atoms with E-state index in [0.717, 1.165) is 16.7 Å². The molecule has 0 saturated heterocycles. The summed E-state index contributed by atoms with van der Waals surface area (Å²) in [5, 5.41) is 3.86. The molecule has 1 heterocycles. The summed E-state index contributed by atoms with van der Waals surface area (Å²) >= 11 is 5.98. The molecule has 16 heavy (non-hydrogen) atoms. The van der Waals surface area contributed by atoms with Crippen LogP contribution in [0.15, 0.2) is 22.7 Å². The summed E-state index contributed by atoms with van der Waals surface area (Å²) in [5.41, 5.74) is 3.19. The Bertz CT molecular complexity index is 546. The van der Waals surface area contributed by atoms with Crippen LogP contribution in [0.5, 0.6) is 0 Å². The van der Waals surface area contributed by atoms with E-state index in [1.54, 1.807) is 0 Å². The van der Waals surface area contributed by atoms with Gasteiger partial charge in [0.2, 0.25) is 0 Å². The summed E-state index contributed by atoms with van der Waals surface area (Å²) in [6.07, 6.45) is 0.582. The van der Waals surface area contributed by atoms with Gasteiger partial charge in [0.05, 0.1) is 0 Å². The van der Waals surface area contributed by atoms with Gasteiger partial charge in [0.1, 0.15) is 5.02 Å². The molecule has 2 aromatic rings. The van der Waals surface area contributed by atoms with Gasteiger partial charge in [-0.25, -0.2) is 0 Å². The number of hydrogen-bond acceptors (Lipinski definition) is 3. The number of nitrogens with zero attached hydrogens (tertiary/aromatic N) is 1. The molecule has 82 valence electrons. The Morgan fingerprint density at radius 1 is 1.38 bits per heavy atom. The van der Waals surface area contributed by atoms with Crippen molar-refractivity contribution in [3.05, 3.63) is 40.0 Å².